The van der Waals surface area contributed by atoms with Crippen LogP contribution in [0.2, 0.25) is 0 Å². The molecule has 27 heavy (non-hydrogen) atoms. The van der Waals surface area contributed by atoms with E-state index in [0.29, 0.717) is 5.82 Å². The van der Waals surface area contributed by atoms with Crippen molar-refractivity contribution < 1.29 is 4.79 Å². The van der Waals surface area contributed by atoms with E-state index < -0.39 is 0 Å². The zero-order valence-electron chi connectivity index (χ0n) is 16.0. The van der Waals surface area contributed by atoms with Crippen molar-refractivity contribution in [1.82, 2.24) is 29.2 Å². The van der Waals surface area contributed by atoms with E-state index in [1.165, 1.54) is 44.9 Å². The second-order valence-corrected chi connectivity index (χ2v) is 8.81. The standard InChI is InChI=1S/C20H28N6O/c1-24-10-9-21-18(24)19(27)25-12-16(20(13-25)7-3-2-4-8-20)17-23-22-14-26(17)11-15-5-6-15/h9-10,14-16H,2-8,11-13H2,1H3. The van der Waals surface area contributed by atoms with E-state index in [0.717, 1.165) is 31.4 Å². The van der Waals surface area contributed by atoms with E-state index in [1.54, 1.807) is 6.20 Å². The van der Waals surface area contributed by atoms with E-state index in [4.69, 9.17) is 0 Å². The molecular formula is C20H28N6O. The lowest BCUT2D eigenvalue weighted by atomic mass is 9.67. The average Bonchev–Trinajstić information content (AvgIpc) is 3.03. The second-order valence-electron chi connectivity index (χ2n) is 8.81. The Kier molecular flexibility index (Phi) is 4.06. The summed E-state index contributed by atoms with van der Waals surface area (Å²) < 4.78 is 4.09. The van der Waals surface area contributed by atoms with Crippen LogP contribution in [0, 0.1) is 11.3 Å². The molecule has 2 saturated carbocycles. The lowest BCUT2D eigenvalue weighted by Crippen LogP contribution is -2.35. The van der Waals surface area contributed by atoms with Crippen LogP contribution in [-0.2, 0) is 13.6 Å². The summed E-state index contributed by atoms with van der Waals surface area (Å²) in [6, 6.07) is 0. The molecule has 1 unspecified atom stereocenters. The molecule has 0 radical (unpaired) electrons. The first-order valence-corrected chi connectivity index (χ1v) is 10.3. The number of likely N-dealkylation sites (tertiary alicyclic amines) is 1. The molecule has 2 aromatic rings. The lowest BCUT2D eigenvalue weighted by molar-refractivity contribution is 0.0742. The van der Waals surface area contributed by atoms with E-state index in [2.05, 4.69) is 19.7 Å². The first-order valence-electron chi connectivity index (χ1n) is 10.3. The van der Waals surface area contributed by atoms with Crippen LogP contribution in [0.25, 0.3) is 0 Å². The highest BCUT2D eigenvalue weighted by atomic mass is 16.2. The minimum Gasteiger partial charge on any atom is -0.335 e. The van der Waals surface area contributed by atoms with Crippen molar-refractivity contribution in [2.75, 3.05) is 13.1 Å². The average molecular weight is 368 g/mol. The summed E-state index contributed by atoms with van der Waals surface area (Å²) >= 11 is 0. The number of hydrogen-bond acceptors (Lipinski definition) is 4. The molecule has 0 aromatic carbocycles. The van der Waals surface area contributed by atoms with Gasteiger partial charge >= 0.3 is 0 Å². The minimum absolute atomic E-state index is 0.0446. The molecule has 1 saturated heterocycles. The highest BCUT2D eigenvalue weighted by Crippen LogP contribution is 2.52. The number of nitrogens with zero attached hydrogens (tertiary/aromatic N) is 6. The topological polar surface area (TPSA) is 68.8 Å². The fraction of sp³-hybridized carbons (Fsp3) is 0.700. The van der Waals surface area contributed by atoms with Gasteiger partial charge in [0.1, 0.15) is 12.2 Å². The van der Waals surface area contributed by atoms with Gasteiger partial charge in [0.05, 0.1) is 0 Å². The summed E-state index contributed by atoms with van der Waals surface area (Å²) in [7, 11) is 1.89. The van der Waals surface area contributed by atoms with Crippen molar-refractivity contribution in [3.8, 4) is 0 Å². The summed E-state index contributed by atoms with van der Waals surface area (Å²) in [6.45, 7) is 2.58. The van der Waals surface area contributed by atoms with Crippen LogP contribution in [0.5, 0.6) is 0 Å². The summed E-state index contributed by atoms with van der Waals surface area (Å²) in [5, 5.41) is 8.81. The van der Waals surface area contributed by atoms with Gasteiger partial charge in [-0.3, -0.25) is 4.79 Å². The van der Waals surface area contributed by atoms with Crippen LogP contribution in [0.3, 0.4) is 0 Å². The van der Waals surface area contributed by atoms with Crippen molar-refractivity contribution in [3.05, 3.63) is 30.4 Å². The van der Waals surface area contributed by atoms with Gasteiger partial charge < -0.3 is 14.0 Å². The van der Waals surface area contributed by atoms with Gasteiger partial charge in [0.15, 0.2) is 5.82 Å². The Labute approximate surface area is 159 Å². The van der Waals surface area contributed by atoms with Crippen LogP contribution in [0.15, 0.2) is 18.7 Å². The third-order valence-corrected chi connectivity index (χ3v) is 6.91. The van der Waals surface area contributed by atoms with Crippen molar-refractivity contribution >= 4 is 5.91 Å². The number of hydrogen-bond donors (Lipinski definition) is 0. The molecule has 1 atom stereocenters. The normalized spacial score (nSPS) is 24.6. The van der Waals surface area contributed by atoms with E-state index in [-0.39, 0.29) is 17.2 Å². The highest BCUT2D eigenvalue weighted by Gasteiger charge is 2.51. The van der Waals surface area contributed by atoms with Gasteiger partial charge in [0.25, 0.3) is 5.91 Å². The van der Waals surface area contributed by atoms with Gasteiger partial charge in [0.2, 0.25) is 0 Å². The Bertz CT molecular complexity index is 829. The van der Waals surface area contributed by atoms with Crippen molar-refractivity contribution in [1.29, 1.82) is 0 Å². The first kappa shape index (κ1) is 17.0. The Morgan fingerprint density at radius 3 is 2.78 bits per heavy atom. The third kappa shape index (κ3) is 2.97. The summed E-state index contributed by atoms with van der Waals surface area (Å²) in [5.74, 6) is 2.74. The van der Waals surface area contributed by atoms with Crippen LogP contribution >= 0.6 is 0 Å². The second kappa shape index (κ2) is 6.46. The van der Waals surface area contributed by atoms with Gasteiger partial charge in [-0.1, -0.05) is 19.3 Å². The van der Waals surface area contributed by atoms with Gasteiger partial charge in [-0.05, 0) is 37.0 Å². The molecule has 3 aliphatic rings. The molecule has 7 nitrogen and oxygen atoms in total. The molecule has 2 aliphatic carbocycles. The van der Waals surface area contributed by atoms with Crippen molar-refractivity contribution in [2.45, 2.75) is 57.4 Å². The number of amides is 1. The molecule has 0 N–H and O–H groups in total. The van der Waals surface area contributed by atoms with Crippen LogP contribution in [0.4, 0.5) is 0 Å². The number of carbonyl (C=O) groups excluding carboxylic acids is 1. The first-order chi connectivity index (χ1) is 13.2. The van der Waals surface area contributed by atoms with Crippen LogP contribution in [-0.4, -0.2) is 48.2 Å². The number of aryl methyl sites for hydroxylation is 1. The molecule has 3 heterocycles. The maximum absolute atomic E-state index is 13.1. The van der Waals surface area contributed by atoms with Gasteiger partial charge in [-0.2, -0.15) is 0 Å². The SMILES string of the molecule is Cn1ccnc1C(=O)N1CC(c2nncn2CC2CC2)C2(CCCCC2)C1. The maximum atomic E-state index is 13.1. The zero-order chi connectivity index (χ0) is 18.4. The fourth-order valence-electron chi connectivity index (χ4n) is 5.21. The number of rotatable bonds is 4. The Balaban J connectivity index is 1.46. The molecule has 1 aliphatic heterocycles. The maximum Gasteiger partial charge on any atom is 0.289 e. The molecule has 5 rings (SSSR count). The van der Waals surface area contributed by atoms with Crippen molar-refractivity contribution in [3.63, 3.8) is 0 Å². The number of imidazole rings is 1. The van der Waals surface area contributed by atoms with Gasteiger partial charge in [0, 0.05) is 45.0 Å². The molecule has 2 aromatic heterocycles. The minimum atomic E-state index is 0.0446. The molecule has 3 fully saturated rings. The molecular weight excluding hydrogens is 340 g/mol. The van der Waals surface area contributed by atoms with Crippen molar-refractivity contribution in [2.24, 2.45) is 18.4 Å². The number of carbonyl (C=O) groups is 1. The molecule has 7 heteroatoms. The largest absolute Gasteiger partial charge is 0.335 e. The Morgan fingerprint density at radius 2 is 2.07 bits per heavy atom. The van der Waals surface area contributed by atoms with E-state index in [9.17, 15) is 4.79 Å². The summed E-state index contributed by atoms with van der Waals surface area (Å²) in [4.78, 5) is 19.5. The number of aromatic nitrogens is 5. The summed E-state index contributed by atoms with van der Waals surface area (Å²) in [6.07, 6.45) is 14.2. The van der Waals surface area contributed by atoms with E-state index in [1.807, 2.05) is 29.0 Å². The van der Waals surface area contributed by atoms with Gasteiger partial charge in [-0.25, -0.2) is 4.98 Å². The Morgan fingerprint density at radius 1 is 1.26 bits per heavy atom. The molecule has 1 amide bonds. The predicted molar refractivity (Wildman–Crippen MR) is 100 cm³/mol. The smallest absolute Gasteiger partial charge is 0.289 e. The van der Waals surface area contributed by atoms with Crippen LogP contribution in [0.1, 0.15) is 67.3 Å². The van der Waals surface area contributed by atoms with E-state index >= 15 is 0 Å². The van der Waals surface area contributed by atoms with Gasteiger partial charge in [-0.15, -0.1) is 10.2 Å². The summed E-state index contributed by atoms with van der Waals surface area (Å²) in [5.41, 5.74) is 0.146. The molecule has 1 spiro atoms. The monoisotopic (exact) mass is 368 g/mol. The highest BCUT2D eigenvalue weighted by molar-refractivity contribution is 5.91. The molecule has 144 valence electrons. The fourth-order valence-corrected chi connectivity index (χ4v) is 5.21. The van der Waals surface area contributed by atoms with Crippen LogP contribution < -0.4 is 0 Å². The quantitative estimate of drug-likeness (QED) is 0.832. The molecule has 0 bridgehead atoms. The lowest BCUT2D eigenvalue weighted by Gasteiger charge is -2.37. The zero-order valence-corrected chi connectivity index (χ0v) is 16.0. The Hall–Kier alpha value is -2.18. The predicted octanol–water partition coefficient (Wildman–Crippen LogP) is 2.61. The third-order valence-electron chi connectivity index (χ3n) is 6.91.